The van der Waals surface area contributed by atoms with E-state index in [1.54, 1.807) is 32.9 Å². The van der Waals surface area contributed by atoms with Gasteiger partial charge >= 0.3 is 12.2 Å². The summed E-state index contributed by atoms with van der Waals surface area (Å²) >= 11 is 0. The second kappa shape index (κ2) is 10.4. The number of benzene rings is 1. The molecule has 0 bridgehead atoms. The first-order valence-electron chi connectivity index (χ1n) is 8.90. The van der Waals surface area contributed by atoms with E-state index < -0.39 is 29.7 Å². The van der Waals surface area contributed by atoms with Gasteiger partial charge in [-0.15, -0.1) is 0 Å². The topological polar surface area (TPSA) is 117 Å². The number of anilines is 1. The molecule has 8 heteroatoms. The molecular formula is C19H29N3O5. The highest BCUT2D eigenvalue weighted by molar-refractivity contribution is 5.96. The van der Waals surface area contributed by atoms with Gasteiger partial charge in [0.1, 0.15) is 11.6 Å². The quantitative estimate of drug-likeness (QED) is 0.517. The molecule has 0 saturated carbocycles. The third kappa shape index (κ3) is 10.1. The second-order valence-corrected chi connectivity index (χ2v) is 7.28. The molecule has 0 aliphatic rings. The monoisotopic (exact) mass is 379 g/mol. The number of aryl methyl sites for hydroxylation is 1. The van der Waals surface area contributed by atoms with Gasteiger partial charge in [-0.25, -0.2) is 9.59 Å². The van der Waals surface area contributed by atoms with E-state index in [1.807, 2.05) is 19.1 Å². The maximum Gasteiger partial charge on any atom is 0.407 e. The molecule has 1 rings (SSSR count). The predicted molar refractivity (Wildman–Crippen MR) is 103 cm³/mol. The number of alkyl carbamates (subject to hydrolysis) is 1. The number of ether oxygens (including phenoxy) is 1. The van der Waals surface area contributed by atoms with Crippen LogP contribution >= 0.6 is 0 Å². The van der Waals surface area contributed by atoms with Crippen molar-refractivity contribution in [1.82, 2.24) is 10.6 Å². The lowest BCUT2D eigenvalue weighted by atomic mass is 10.1. The van der Waals surface area contributed by atoms with Crippen LogP contribution in [-0.4, -0.2) is 41.4 Å². The van der Waals surface area contributed by atoms with E-state index in [2.05, 4.69) is 16.0 Å². The number of carboxylic acid groups (broad SMARTS) is 1. The Bertz CT molecular complexity index is 638. The SMILES string of the molecule is Cc1ccc(NC(=O)[C@H](CCCCNC(=O)OC(C)(C)C)NC(=O)O)cc1. The molecule has 150 valence electrons. The Balaban J connectivity index is 2.43. The van der Waals surface area contributed by atoms with Crippen LogP contribution in [0.1, 0.15) is 45.6 Å². The summed E-state index contributed by atoms with van der Waals surface area (Å²) in [5.74, 6) is -0.415. The van der Waals surface area contributed by atoms with Crippen molar-refractivity contribution in [2.75, 3.05) is 11.9 Å². The summed E-state index contributed by atoms with van der Waals surface area (Å²) < 4.78 is 5.13. The fourth-order valence-electron chi connectivity index (χ4n) is 2.26. The van der Waals surface area contributed by atoms with Crippen LogP contribution in [-0.2, 0) is 9.53 Å². The molecule has 0 saturated heterocycles. The molecule has 0 unspecified atom stereocenters. The Morgan fingerprint density at radius 3 is 2.30 bits per heavy atom. The van der Waals surface area contributed by atoms with Crippen molar-refractivity contribution in [3.05, 3.63) is 29.8 Å². The third-order valence-corrected chi connectivity index (χ3v) is 3.52. The minimum Gasteiger partial charge on any atom is -0.465 e. The first-order chi connectivity index (χ1) is 12.6. The van der Waals surface area contributed by atoms with Crippen molar-refractivity contribution < 1.29 is 24.2 Å². The number of carbonyl (C=O) groups is 3. The average Bonchev–Trinajstić information content (AvgIpc) is 2.53. The van der Waals surface area contributed by atoms with Gasteiger partial charge in [0, 0.05) is 12.2 Å². The minimum atomic E-state index is -1.26. The molecule has 1 aromatic carbocycles. The normalized spacial score (nSPS) is 12.0. The molecule has 0 aromatic heterocycles. The predicted octanol–water partition coefficient (Wildman–Crippen LogP) is 3.26. The highest BCUT2D eigenvalue weighted by Gasteiger charge is 2.20. The van der Waals surface area contributed by atoms with Gasteiger partial charge in [0.05, 0.1) is 0 Å². The Morgan fingerprint density at radius 1 is 1.11 bits per heavy atom. The van der Waals surface area contributed by atoms with Gasteiger partial charge < -0.3 is 25.8 Å². The van der Waals surface area contributed by atoms with Crippen LogP contribution in [0.4, 0.5) is 15.3 Å². The molecular weight excluding hydrogens is 350 g/mol. The van der Waals surface area contributed by atoms with Crippen LogP contribution in [0.3, 0.4) is 0 Å². The Kier molecular flexibility index (Phi) is 8.58. The fraction of sp³-hybridized carbons (Fsp3) is 0.526. The fourth-order valence-corrected chi connectivity index (χ4v) is 2.26. The lowest BCUT2D eigenvalue weighted by molar-refractivity contribution is -0.118. The zero-order valence-electron chi connectivity index (χ0n) is 16.3. The number of carbonyl (C=O) groups excluding carboxylic acids is 2. The number of hydrogen-bond acceptors (Lipinski definition) is 4. The molecule has 27 heavy (non-hydrogen) atoms. The molecule has 8 nitrogen and oxygen atoms in total. The first kappa shape index (κ1) is 22.3. The zero-order chi connectivity index (χ0) is 20.4. The highest BCUT2D eigenvalue weighted by Crippen LogP contribution is 2.11. The van der Waals surface area contributed by atoms with E-state index >= 15 is 0 Å². The molecule has 0 aliphatic carbocycles. The van der Waals surface area contributed by atoms with E-state index in [9.17, 15) is 14.4 Å². The maximum absolute atomic E-state index is 12.3. The van der Waals surface area contributed by atoms with Crippen molar-refractivity contribution >= 4 is 23.8 Å². The Hall–Kier alpha value is -2.77. The number of unbranched alkanes of at least 4 members (excludes halogenated alkanes) is 1. The summed E-state index contributed by atoms with van der Waals surface area (Å²) in [5.41, 5.74) is 1.11. The van der Waals surface area contributed by atoms with E-state index in [0.717, 1.165) is 5.56 Å². The van der Waals surface area contributed by atoms with Gasteiger partial charge in [0.2, 0.25) is 5.91 Å². The van der Waals surface area contributed by atoms with Gasteiger partial charge in [-0.2, -0.15) is 0 Å². The van der Waals surface area contributed by atoms with Crippen molar-refractivity contribution in [2.24, 2.45) is 0 Å². The number of hydrogen-bond donors (Lipinski definition) is 4. The Labute approximate surface area is 159 Å². The smallest absolute Gasteiger partial charge is 0.407 e. The summed E-state index contributed by atoms with van der Waals surface area (Å²) in [5, 5.41) is 16.5. The van der Waals surface area contributed by atoms with E-state index in [0.29, 0.717) is 31.5 Å². The number of rotatable bonds is 8. The van der Waals surface area contributed by atoms with Crippen LogP contribution in [0.2, 0.25) is 0 Å². The third-order valence-electron chi connectivity index (χ3n) is 3.52. The standard InChI is InChI=1S/C19H29N3O5/c1-13-8-10-14(11-9-13)21-16(23)15(22-17(24)25)7-5-6-12-20-18(26)27-19(2,3)4/h8-11,15,22H,5-7,12H2,1-4H3,(H,20,26)(H,21,23)(H,24,25)/t15-/m0/s1. The molecule has 0 spiro atoms. The summed E-state index contributed by atoms with van der Waals surface area (Å²) in [6.45, 7) is 7.66. The molecule has 0 fully saturated rings. The van der Waals surface area contributed by atoms with Gasteiger partial charge in [0.15, 0.2) is 0 Å². The van der Waals surface area contributed by atoms with E-state index in [-0.39, 0.29) is 0 Å². The van der Waals surface area contributed by atoms with Crippen LogP contribution in [0.15, 0.2) is 24.3 Å². The van der Waals surface area contributed by atoms with Gasteiger partial charge in [0.25, 0.3) is 0 Å². The molecule has 3 amide bonds. The Morgan fingerprint density at radius 2 is 1.74 bits per heavy atom. The average molecular weight is 379 g/mol. The molecule has 0 radical (unpaired) electrons. The summed E-state index contributed by atoms with van der Waals surface area (Å²) in [4.78, 5) is 34.8. The lowest BCUT2D eigenvalue weighted by Crippen LogP contribution is -2.43. The summed E-state index contributed by atoms with van der Waals surface area (Å²) in [6, 6.07) is 6.37. The zero-order valence-corrected chi connectivity index (χ0v) is 16.3. The van der Waals surface area contributed by atoms with E-state index in [4.69, 9.17) is 9.84 Å². The van der Waals surface area contributed by atoms with Gasteiger partial charge in [-0.1, -0.05) is 17.7 Å². The summed E-state index contributed by atoms with van der Waals surface area (Å²) in [6.07, 6.45) is -0.289. The largest absolute Gasteiger partial charge is 0.465 e. The van der Waals surface area contributed by atoms with Gasteiger partial charge in [-0.05, 0) is 59.1 Å². The van der Waals surface area contributed by atoms with Crippen molar-refractivity contribution in [2.45, 2.75) is 58.6 Å². The van der Waals surface area contributed by atoms with Gasteiger partial charge in [-0.3, -0.25) is 4.79 Å². The number of nitrogens with one attached hydrogen (secondary N) is 3. The van der Waals surface area contributed by atoms with Crippen molar-refractivity contribution in [3.63, 3.8) is 0 Å². The van der Waals surface area contributed by atoms with E-state index in [1.165, 1.54) is 0 Å². The molecule has 4 N–H and O–H groups in total. The van der Waals surface area contributed by atoms with Crippen molar-refractivity contribution in [3.8, 4) is 0 Å². The molecule has 1 aromatic rings. The number of amides is 3. The van der Waals surface area contributed by atoms with Crippen LogP contribution in [0.5, 0.6) is 0 Å². The molecule has 0 heterocycles. The minimum absolute atomic E-state index is 0.319. The first-order valence-corrected chi connectivity index (χ1v) is 8.90. The second-order valence-electron chi connectivity index (χ2n) is 7.28. The molecule has 0 aliphatic heterocycles. The van der Waals surface area contributed by atoms with Crippen molar-refractivity contribution in [1.29, 1.82) is 0 Å². The molecule has 1 atom stereocenters. The summed E-state index contributed by atoms with van der Waals surface area (Å²) in [7, 11) is 0. The maximum atomic E-state index is 12.3. The highest BCUT2D eigenvalue weighted by atomic mass is 16.6. The lowest BCUT2D eigenvalue weighted by Gasteiger charge is -2.20. The van der Waals surface area contributed by atoms with Crippen LogP contribution < -0.4 is 16.0 Å². The van der Waals surface area contributed by atoms with Crippen LogP contribution in [0.25, 0.3) is 0 Å². The van der Waals surface area contributed by atoms with Crippen LogP contribution in [0, 0.1) is 6.92 Å².